The van der Waals surface area contributed by atoms with E-state index in [9.17, 15) is 13.2 Å². The minimum absolute atomic E-state index is 0.0711. The smallest absolute Gasteiger partial charge is 0.321 e. The van der Waals surface area contributed by atoms with Crippen LogP contribution in [0.15, 0.2) is 6.20 Å². The quantitative estimate of drug-likeness (QED) is 0.820. The molecule has 1 rings (SSSR count). The van der Waals surface area contributed by atoms with Crippen molar-refractivity contribution in [1.82, 2.24) is 14.9 Å². The third kappa shape index (κ3) is 4.40. The first kappa shape index (κ1) is 13.3. The van der Waals surface area contributed by atoms with Crippen LogP contribution in [-0.2, 0) is 13.6 Å². The second-order valence-electron chi connectivity index (χ2n) is 3.45. The Balaban J connectivity index is 2.19. The van der Waals surface area contributed by atoms with Crippen molar-refractivity contribution in [3.63, 3.8) is 0 Å². The Labute approximate surface area is 96.6 Å². The average Bonchev–Trinajstić information content (AvgIpc) is 2.47. The first-order valence-corrected chi connectivity index (χ1v) is 5.21. The molecule has 3 nitrogen and oxygen atoms in total. The van der Waals surface area contributed by atoms with Crippen LogP contribution < -0.4 is 5.32 Å². The molecule has 0 aliphatic heterocycles. The maximum absolute atomic E-state index is 11.8. The second-order valence-corrected chi connectivity index (χ2v) is 3.84. The number of imidazole rings is 1. The number of nitrogens with one attached hydrogen (secondary N) is 1. The van der Waals surface area contributed by atoms with Gasteiger partial charge < -0.3 is 9.88 Å². The summed E-state index contributed by atoms with van der Waals surface area (Å²) in [4.78, 5) is 4.01. The van der Waals surface area contributed by atoms with Crippen molar-refractivity contribution in [3.8, 4) is 0 Å². The Bertz CT molecular complexity index is 335. The van der Waals surface area contributed by atoms with Gasteiger partial charge in [0.25, 0.3) is 0 Å². The molecular weight excluding hydrogens is 243 g/mol. The molecule has 0 unspecified atom stereocenters. The molecule has 0 saturated carbocycles. The Morgan fingerprint density at radius 1 is 1.50 bits per heavy atom. The molecule has 0 amide bonds. The molecule has 0 aliphatic rings. The van der Waals surface area contributed by atoms with E-state index < -0.39 is 12.6 Å². The highest BCUT2D eigenvalue weighted by atomic mass is 35.5. The third-order valence-electron chi connectivity index (χ3n) is 2.12. The number of rotatable bonds is 5. The van der Waals surface area contributed by atoms with E-state index in [2.05, 4.69) is 10.3 Å². The Hall–Kier alpha value is -0.750. The Morgan fingerprint density at radius 2 is 2.19 bits per heavy atom. The van der Waals surface area contributed by atoms with Gasteiger partial charge in [0, 0.05) is 13.5 Å². The van der Waals surface area contributed by atoms with Crippen molar-refractivity contribution in [2.75, 3.05) is 6.54 Å². The molecule has 0 saturated heterocycles. The van der Waals surface area contributed by atoms with Crippen molar-refractivity contribution < 1.29 is 13.2 Å². The zero-order chi connectivity index (χ0) is 12.2. The summed E-state index contributed by atoms with van der Waals surface area (Å²) in [6.07, 6.45) is -3.26. The van der Waals surface area contributed by atoms with Gasteiger partial charge in [0.15, 0.2) is 0 Å². The highest BCUT2D eigenvalue weighted by Crippen LogP contribution is 2.20. The van der Waals surface area contributed by atoms with Crippen molar-refractivity contribution >= 4 is 11.6 Å². The van der Waals surface area contributed by atoms with Crippen molar-refractivity contribution in [2.45, 2.75) is 25.6 Å². The summed E-state index contributed by atoms with van der Waals surface area (Å²) in [6.45, 7) is 0.727. The third-order valence-corrected chi connectivity index (χ3v) is 2.48. The predicted octanol–water partition coefficient (Wildman–Crippen LogP) is 2.51. The van der Waals surface area contributed by atoms with Crippen molar-refractivity contribution in [1.29, 1.82) is 0 Å². The standard InChI is InChI=1S/C9H13ClF3N3/c1-16-7(10)5-15-8(16)6-14-4-2-3-9(11,12)13/h5,14H,2-4,6H2,1H3. The summed E-state index contributed by atoms with van der Waals surface area (Å²) < 4.78 is 37.1. The molecule has 16 heavy (non-hydrogen) atoms. The maximum Gasteiger partial charge on any atom is 0.389 e. The molecule has 7 heteroatoms. The summed E-state index contributed by atoms with van der Waals surface area (Å²) >= 11 is 5.75. The average molecular weight is 256 g/mol. The van der Waals surface area contributed by atoms with Crippen LogP contribution in [0, 0.1) is 0 Å². The zero-order valence-electron chi connectivity index (χ0n) is 8.81. The van der Waals surface area contributed by atoms with E-state index in [0.29, 0.717) is 24.1 Å². The molecule has 92 valence electrons. The van der Waals surface area contributed by atoms with Gasteiger partial charge in [-0.3, -0.25) is 0 Å². The fraction of sp³-hybridized carbons (Fsp3) is 0.667. The number of aromatic nitrogens is 2. The lowest BCUT2D eigenvalue weighted by Crippen LogP contribution is -2.19. The summed E-state index contributed by atoms with van der Waals surface area (Å²) in [5, 5.41) is 3.39. The van der Waals surface area contributed by atoms with Gasteiger partial charge in [-0.2, -0.15) is 13.2 Å². The lowest BCUT2D eigenvalue weighted by molar-refractivity contribution is -0.135. The molecule has 1 heterocycles. The van der Waals surface area contributed by atoms with Gasteiger partial charge in [-0.15, -0.1) is 0 Å². The maximum atomic E-state index is 11.8. The van der Waals surface area contributed by atoms with Crippen LogP contribution in [-0.4, -0.2) is 22.3 Å². The van der Waals surface area contributed by atoms with E-state index in [1.807, 2.05) is 0 Å². The highest BCUT2D eigenvalue weighted by molar-refractivity contribution is 6.29. The van der Waals surface area contributed by atoms with Crippen LogP contribution in [0.3, 0.4) is 0 Å². The predicted molar refractivity (Wildman–Crippen MR) is 55.2 cm³/mol. The minimum atomic E-state index is -4.08. The SMILES string of the molecule is Cn1c(Cl)cnc1CNCCCC(F)(F)F. The Morgan fingerprint density at radius 3 is 2.69 bits per heavy atom. The van der Waals surface area contributed by atoms with Gasteiger partial charge in [-0.05, 0) is 13.0 Å². The molecule has 0 fully saturated rings. The van der Waals surface area contributed by atoms with E-state index in [1.165, 1.54) is 6.20 Å². The summed E-state index contributed by atoms with van der Waals surface area (Å²) in [5.74, 6) is 0.706. The molecule has 0 atom stereocenters. The van der Waals surface area contributed by atoms with Crippen molar-refractivity contribution in [2.24, 2.45) is 7.05 Å². The zero-order valence-corrected chi connectivity index (χ0v) is 9.57. The van der Waals surface area contributed by atoms with Crippen LogP contribution in [0.25, 0.3) is 0 Å². The number of halogens is 4. The van der Waals surface area contributed by atoms with Gasteiger partial charge in [0.05, 0.1) is 12.7 Å². The fourth-order valence-corrected chi connectivity index (χ4v) is 1.35. The normalized spacial score (nSPS) is 12.1. The molecule has 0 aliphatic carbocycles. The number of nitrogens with zero attached hydrogens (tertiary/aromatic N) is 2. The van der Waals surface area contributed by atoms with Gasteiger partial charge in [0.1, 0.15) is 11.0 Å². The lowest BCUT2D eigenvalue weighted by Gasteiger charge is -2.07. The molecule has 0 radical (unpaired) electrons. The van der Waals surface area contributed by atoms with Crippen LogP contribution in [0.1, 0.15) is 18.7 Å². The molecule has 0 bridgehead atoms. The Kier molecular flexibility index (Phi) is 4.61. The van der Waals surface area contributed by atoms with E-state index in [1.54, 1.807) is 11.6 Å². The fourth-order valence-electron chi connectivity index (χ4n) is 1.20. The summed E-state index contributed by atoms with van der Waals surface area (Å²) in [7, 11) is 1.75. The molecule has 1 aromatic rings. The summed E-state index contributed by atoms with van der Waals surface area (Å²) in [5.41, 5.74) is 0. The minimum Gasteiger partial charge on any atom is -0.321 e. The first-order chi connectivity index (χ1) is 7.40. The van der Waals surface area contributed by atoms with E-state index in [-0.39, 0.29) is 6.42 Å². The van der Waals surface area contributed by atoms with E-state index in [4.69, 9.17) is 11.6 Å². The van der Waals surface area contributed by atoms with Crippen LogP contribution in [0.4, 0.5) is 13.2 Å². The molecular formula is C9H13ClF3N3. The lowest BCUT2D eigenvalue weighted by atomic mass is 10.3. The van der Waals surface area contributed by atoms with Gasteiger partial charge in [-0.1, -0.05) is 11.6 Å². The van der Waals surface area contributed by atoms with Crippen LogP contribution in [0.2, 0.25) is 5.15 Å². The number of hydrogen-bond donors (Lipinski definition) is 1. The first-order valence-electron chi connectivity index (χ1n) is 4.84. The summed E-state index contributed by atoms with van der Waals surface area (Å²) in [6, 6.07) is 0. The monoisotopic (exact) mass is 255 g/mol. The molecule has 0 aromatic carbocycles. The highest BCUT2D eigenvalue weighted by Gasteiger charge is 2.25. The largest absolute Gasteiger partial charge is 0.389 e. The van der Waals surface area contributed by atoms with Gasteiger partial charge in [-0.25, -0.2) is 4.98 Å². The van der Waals surface area contributed by atoms with E-state index in [0.717, 1.165) is 0 Å². The van der Waals surface area contributed by atoms with Crippen LogP contribution >= 0.6 is 11.6 Å². The number of alkyl halides is 3. The topological polar surface area (TPSA) is 29.9 Å². The number of hydrogen-bond acceptors (Lipinski definition) is 2. The molecule has 1 aromatic heterocycles. The van der Waals surface area contributed by atoms with E-state index >= 15 is 0 Å². The van der Waals surface area contributed by atoms with Gasteiger partial charge in [0.2, 0.25) is 0 Å². The van der Waals surface area contributed by atoms with Crippen LogP contribution in [0.5, 0.6) is 0 Å². The molecule has 0 spiro atoms. The second kappa shape index (κ2) is 5.54. The van der Waals surface area contributed by atoms with Gasteiger partial charge >= 0.3 is 6.18 Å². The molecule has 1 N–H and O–H groups in total. The van der Waals surface area contributed by atoms with Crippen molar-refractivity contribution in [3.05, 3.63) is 17.2 Å².